The second-order valence-corrected chi connectivity index (χ2v) is 2.71. The average molecular weight is 163 g/mol. The average Bonchev–Trinajstić information content (AvgIpc) is 2.16. The van der Waals surface area contributed by atoms with Crippen molar-refractivity contribution in [3.63, 3.8) is 0 Å². The van der Waals surface area contributed by atoms with Gasteiger partial charge in [0, 0.05) is 24.7 Å². The Hall–Kier alpha value is -1.18. The Kier molecular flexibility index (Phi) is 3.45. The van der Waals surface area contributed by atoms with Crippen molar-refractivity contribution in [3.8, 4) is 0 Å². The molecule has 0 saturated carbocycles. The van der Waals surface area contributed by atoms with E-state index in [1.54, 1.807) is 6.20 Å². The molecule has 64 valence electrons. The van der Waals surface area contributed by atoms with Crippen molar-refractivity contribution in [2.45, 2.75) is 26.2 Å². The molecule has 0 N–H and O–H groups in total. The van der Waals surface area contributed by atoms with Gasteiger partial charge >= 0.3 is 0 Å². The summed E-state index contributed by atoms with van der Waals surface area (Å²) in [5.41, 5.74) is 0.999. The standard InChI is InChI=1S/C10H13NO/c1-2-10(12)7-6-9-5-3-4-8-11-9/h3-5,8H,2,6-7H2,1H3. The molecule has 0 aliphatic carbocycles. The highest BCUT2D eigenvalue weighted by Gasteiger charge is 1.99. The van der Waals surface area contributed by atoms with Crippen LogP contribution >= 0.6 is 0 Å². The van der Waals surface area contributed by atoms with E-state index in [1.807, 2.05) is 25.1 Å². The zero-order chi connectivity index (χ0) is 8.81. The maximum atomic E-state index is 11.0. The van der Waals surface area contributed by atoms with Gasteiger partial charge in [-0.05, 0) is 18.6 Å². The molecule has 0 aliphatic rings. The number of Topliss-reactive ketones (excluding diaryl/α,β-unsaturated/α-hetero) is 1. The van der Waals surface area contributed by atoms with Gasteiger partial charge in [-0.15, -0.1) is 0 Å². The Labute approximate surface area is 72.6 Å². The third-order valence-corrected chi connectivity index (χ3v) is 1.78. The Balaban J connectivity index is 2.38. The van der Waals surface area contributed by atoms with Crippen LogP contribution in [0.1, 0.15) is 25.5 Å². The van der Waals surface area contributed by atoms with E-state index in [0.29, 0.717) is 18.6 Å². The van der Waals surface area contributed by atoms with E-state index >= 15 is 0 Å². The molecule has 1 aromatic rings. The van der Waals surface area contributed by atoms with Crippen molar-refractivity contribution in [1.29, 1.82) is 0 Å². The molecule has 0 radical (unpaired) electrons. The van der Waals surface area contributed by atoms with Gasteiger partial charge in [0.25, 0.3) is 0 Å². The summed E-state index contributed by atoms with van der Waals surface area (Å²) in [4.78, 5) is 15.1. The number of aryl methyl sites for hydroxylation is 1. The highest BCUT2D eigenvalue weighted by atomic mass is 16.1. The first-order chi connectivity index (χ1) is 5.83. The van der Waals surface area contributed by atoms with E-state index in [-0.39, 0.29) is 0 Å². The van der Waals surface area contributed by atoms with Crippen LogP contribution < -0.4 is 0 Å². The van der Waals surface area contributed by atoms with Crippen molar-refractivity contribution in [3.05, 3.63) is 30.1 Å². The summed E-state index contributed by atoms with van der Waals surface area (Å²) in [5.74, 6) is 0.306. The molecule has 0 saturated heterocycles. The molecular weight excluding hydrogens is 150 g/mol. The van der Waals surface area contributed by atoms with Gasteiger partial charge in [0.2, 0.25) is 0 Å². The molecule has 12 heavy (non-hydrogen) atoms. The highest BCUT2D eigenvalue weighted by molar-refractivity contribution is 5.78. The number of hydrogen-bond donors (Lipinski definition) is 0. The Morgan fingerprint density at radius 1 is 1.50 bits per heavy atom. The quantitative estimate of drug-likeness (QED) is 0.679. The van der Waals surface area contributed by atoms with Crippen LogP contribution in [0.4, 0.5) is 0 Å². The molecule has 0 aromatic carbocycles. The molecule has 0 bridgehead atoms. The van der Waals surface area contributed by atoms with Crippen LogP contribution in [0, 0.1) is 0 Å². The number of ketones is 1. The van der Waals surface area contributed by atoms with Crippen molar-refractivity contribution in [2.24, 2.45) is 0 Å². The molecule has 0 atom stereocenters. The van der Waals surface area contributed by atoms with Crippen molar-refractivity contribution in [2.75, 3.05) is 0 Å². The zero-order valence-corrected chi connectivity index (χ0v) is 7.29. The number of rotatable bonds is 4. The number of hydrogen-bond acceptors (Lipinski definition) is 2. The molecule has 1 aromatic heterocycles. The summed E-state index contributed by atoms with van der Waals surface area (Å²) in [6, 6.07) is 5.77. The monoisotopic (exact) mass is 163 g/mol. The maximum Gasteiger partial charge on any atom is 0.133 e. The zero-order valence-electron chi connectivity index (χ0n) is 7.29. The third-order valence-electron chi connectivity index (χ3n) is 1.78. The number of carbonyl (C=O) groups excluding carboxylic acids is 1. The predicted molar refractivity (Wildman–Crippen MR) is 47.9 cm³/mol. The first-order valence-electron chi connectivity index (χ1n) is 4.24. The third kappa shape index (κ3) is 2.82. The minimum absolute atomic E-state index is 0.306. The first-order valence-corrected chi connectivity index (χ1v) is 4.24. The van der Waals surface area contributed by atoms with Gasteiger partial charge in [0.15, 0.2) is 0 Å². The van der Waals surface area contributed by atoms with Gasteiger partial charge in [-0.2, -0.15) is 0 Å². The Bertz CT molecular complexity index is 243. The molecule has 1 rings (SSSR count). The van der Waals surface area contributed by atoms with E-state index in [0.717, 1.165) is 12.1 Å². The second kappa shape index (κ2) is 4.65. The van der Waals surface area contributed by atoms with E-state index in [4.69, 9.17) is 0 Å². The number of carbonyl (C=O) groups is 1. The van der Waals surface area contributed by atoms with Gasteiger partial charge < -0.3 is 0 Å². The maximum absolute atomic E-state index is 11.0. The molecule has 0 amide bonds. The molecule has 0 aliphatic heterocycles. The lowest BCUT2D eigenvalue weighted by Crippen LogP contribution is -1.98. The van der Waals surface area contributed by atoms with E-state index in [9.17, 15) is 4.79 Å². The first kappa shape index (κ1) is 8.91. The second-order valence-electron chi connectivity index (χ2n) is 2.71. The minimum atomic E-state index is 0.306. The number of aromatic nitrogens is 1. The molecule has 0 spiro atoms. The van der Waals surface area contributed by atoms with E-state index < -0.39 is 0 Å². The molecule has 0 unspecified atom stereocenters. The highest BCUT2D eigenvalue weighted by Crippen LogP contribution is 1.99. The largest absolute Gasteiger partial charge is 0.300 e. The van der Waals surface area contributed by atoms with Crippen LogP contribution in [-0.2, 0) is 11.2 Å². The molecule has 2 nitrogen and oxygen atoms in total. The predicted octanol–water partition coefficient (Wildman–Crippen LogP) is 1.99. The van der Waals surface area contributed by atoms with Gasteiger partial charge in [-0.3, -0.25) is 9.78 Å². The Morgan fingerprint density at radius 3 is 2.92 bits per heavy atom. The van der Waals surface area contributed by atoms with Gasteiger partial charge in [0.05, 0.1) is 0 Å². The van der Waals surface area contributed by atoms with Crippen LogP contribution in [0.3, 0.4) is 0 Å². The van der Waals surface area contributed by atoms with Crippen LogP contribution in [-0.4, -0.2) is 10.8 Å². The summed E-state index contributed by atoms with van der Waals surface area (Å²) in [6.45, 7) is 1.89. The minimum Gasteiger partial charge on any atom is -0.300 e. The van der Waals surface area contributed by atoms with Crippen molar-refractivity contribution >= 4 is 5.78 Å². The fraction of sp³-hybridized carbons (Fsp3) is 0.400. The summed E-state index contributed by atoms with van der Waals surface area (Å²) in [7, 11) is 0. The van der Waals surface area contributed by atoms with E-state index in [1.165, 1.54) is 0 Å². The van der Waals surface area contributed by atoms with Crippen LogP contribution in [0.2, 0.25) is 0 Å². The molecule has 0 fully saturated rings. The van der Waals surface area contributed by atoms with Crippen LogP contribution in [0.25, 0.3) is 0 Å². The molecular formula is C10H13NO. The summed E-state index contributed by atoms with van der Waals surface area (Å²) < 4.78 is 0. The van der Waals surface area contributed by atoms with Gasteiger partial charge in [0.1, 0.15) is 5.78 Å². The fourth-order valence-corrected chi connectivity index (χ4v) is 0.990. The van der Waals surface area contributed by atoms with Gasteiger partial charge in [-0.1, -0.05) is 13.0 Å². The van der Waals surface area contributed by atoms with Crippen LogP contribution in [0.15, 0.2) is 24.4 Å². The Morgan fingerprint density at radius 2 is 2.33 bits per heavy atom. The smallest absolute Gasteiger partial charge is 0.133 e. The fourth-order valence-electron chi connectivity index (χ4n) is 0.990. The topological polar surface area (TPSA) is 30.0 Å². The van der Waals surface area contributed by atoms with Crippen molar-refractivity contribution in [1.82, 2.24) is 4.98 Å². The summed E-state index contributed by atoms with van der Waals surface area (Å²) in [6.07, 6.45) is 3.78. The lowest BCUT2D eigenvalue weighted by Gasteiger charge is -1.97. The molecule has 1 heterocycles. The normalized spacial score (nSPS) is 9.75. The van der Waals surface area contributed by atoms with Crippen molar-refractivity contribution < 1.29 is 4.79 Å². The summed E-state index contributed by atoms with van der Waals surface area (Å²) in [5, 5.41) is 0. The molecule has 2 heteroatoms. The number of nitrogens with zero attached hydrogens (tertiary/aromatic N) is 1. The van der Waals surface area contributed by atoms with Gasteiger partial charge in [-0.25, -0.2) is 0 Å². The van der Waals surface area contributed by atoms with Crippen LogP contribution in [0.5, 0.6) is 0 Å². The lowest BCUT2D eigenvalue weighted by atomic mass is 10.1. The lowest BCUT2D eigenvalue weighted by molar-refractivity contribution is -0.118. The number of pyridine rings is 1. The summed E-state index contributed by atoms with van der Waals surface area (Å²) >= 11 is 0. The van der Waals surface area contributed by atoms with E-state index in [2.05, 4.69) is 4.98 Å². The SMILES string of the molecule is CCC(=O)CCc1ccccn1.